The van der Waals surface area contributed by atoms with E-state index < -0.39 is 11.1 Å². The van der Waals surface area contributed by atoms with Crippen molar-refractivity contribution in [2.24, 2.45) is 5.92 Å². The maximum absolute atomic E-state index is 12.9. The minimum absolute atomic E-state index is 0. The SMILES string of the molecule is COOCC1CC(NC(=O)CCC(C)C)CCN1OS(=O)c1ccc(-c2ccc(C)cc2)cc1.O. The summed E-state index contributed by atoms with van der Waals surface area (Å²) in [5, 5.41) is 4.81. The average Bonchev–Trinajstić information content (AvgIpc) is 2.83. The molecule has 8 nitrogen and oxygen atoms in total. The van der Waals surface area contributed by atoms with Crippen LogP contribution in [0, 0.1) is 12.8 Å². The predicted molar refractivity (Wildman–Crippen MR) is 136 cm³/mol. The smallest absolute Gasteiger partial charge is 0.220 e. The zero-order valence-electron chi connectivity index (χ0n) is 21.0. The van der Waals surface area contributed by atoms with E-state index in [1.807, 2.05) is 24.3 Å². The van der Waals surface area contributed by atoms with E-state index in [2.05, 4.69) is 50.4 Å². The molecule has 35 heavy (non-hydrogen) atoms. The van der Waals surface area contributed by atoms with Crippen LogP contribution in [-0.2, 0) is 29.9 Å². The summed E-state index contributed by atoms with van der Waals surface area (Å²) >= 11 is -1.66. The minimum Gasteiger partial charge on any atom is -0.412 e. The number of nitrogens with one attached hydrogen (secondary N) is 1. The van der Waals surface area contributed by atoms with Crippen LogP contribution in [0.5, 0.6) is 0 Å². The van der Waals surface area contributed by atoms with E-state index in [1.54, 1.807) is 5.06 Å². The largest absolute Gasteiger partial charge is 0.412 e. The van der Waals surface area contributed by atoms with E-state index in [4.69, 9.17) is 14.1 Å². The van der Waals surface area contributed by atoms with E-state index in [0.29, 0.717) is 36.6 Å². The Balaban J connectivity index is 0.00000432. The van der Waals surface area contributed by atoms with Crippen LogP contribution in [0.15, 0.2) is 53.4 Å². The second-order valence-electron chi connectivity index (χ2n) is 9.17. The Hall–Kier alpha value is -2.14. The zero-order valence-corrected chi connectivity index (χ0v) is 21.8. The number of amides is 1. The van der Waals surface area contributed by atoms with Crippen LogP contribution in [0.1, 0.15) is 45.1 Å². The molecule has 3 atom stereocenters. The fourth-order valence-corrected chi connectivity index (χ4v) is 4.73. The third-order valence-corrected chi connectivity index (χ3v) is 6.93. The third-order valence-electron chi connectivity index (χ3n) is 5.95. The molecule has 194 valence electrons. The van der Waals surface area contributed by atoms with Crippen molar-refractivity contribution in [3.05, 3.63) is 54.1 Å². The highest BCUT2D eigenvalue weighted by atomic mass is 32.2. The Morgan fingerprint density at radius 3 is 2.34 bits per heavy atom. The fraction of sp³-hybridized carbons (Fsp3) is 0.500. The fourth-order valence-electron chi connectivity index (χ4n) is 3.91. The van der Waals surface area contributed by atoms with E-state index in [-0.39, 0.29) is 30.1 Å². The highest BCUT2D eigenvalue weighted by molar-refractivity contribution is 7.80. The second-order valence-corrected chi connectivity index (χ2v) is 10.3. The van der Waals surface area contributed by atoms with Crippen molar-refractivity contribution in [1.82, 2.24) is 10.4 Å². The van der Waals surface area contributed by atoms with E-state index in [1.165, 1.54) is 12.7 Å². The molecule has 1 aliphatic heterocycles. The number of rotatable bonds is 11. The molecular weight excluding hydrogens is 468 g/mol. The van der Waals surface area contributed by atoms with Crippen molar-refractivity contribution >= 4 is 17.0 Å². The van der Waals surface area contributed by atoms with Gasteiger partial charge in [0, 0.05) is 19.0 Å². The average molecular weight is 507 g/mol. The summed E-state index contributed by atoms with van der Waals surface area (Å²) < 4.78 is 18.8. The van der Waals surface area contributed by atoms with Crippen LogP contribution in [-0.4, -0.2) is 53.0 Å². The molecule has 3 unspecified atom stereocenters. The molecule has 0 radical (unpaired) electrons. The van der Waals surface area contributed by atoms with E-state index in [9.17, 15) is 9.00 Å². The topological polar surface area (TPSA) is 109 Å². The quantitative estimate of drug-likeness (QED) is 0.367. The molecule has 2 aromatic carbocycles. The van der Waals surface area contributed by atoms with Gasteiger partial charge in [0.25, 0.3) is 0 Å². The van der Waals surface area contributed by atoms with Gasteiger partial charge in [-0.1, -0.05) is 55.8 Å². The number of hydrogen-bond acceptors (Lipinski definition) is 6. The summed E-state index contributed by atoms with van der Waals surface area (Å²) in [6.07, 6.45) is 2.72. The monoisotopic (exact) mass is 506 g/mol. The zero-order chi connectivity index (χ0) is 24.5. The highest BCUT2D eigenvalue weighted by Crippen LogP contribution is 2.24. The summed E-state index contributed by atoms with van der Waals surface area (Å²) in [5.74, 6) is 0.557. The molecule has 1 amide bonds. The summed E-state index contributed by atoms with van der Waals surface area (Å²) in [4.78, 5) is 22.8. The minimum atomic E-state index is -1.66. The van der Waals surface area contributed by atoms with Crippen LogP contribution < -0.4 is 5.32 Å². The van der Waals surface area contributed by atoms with Gasteiger partial charge in [0.15, 0.2) is 0 Å². The molecular formula is C26H38N2O6S. The number of hydrogen-bond donors (Lipinski definition) is 1. The van der Waals surface area contributed by atoms with Crippen molar-refractivity contribution in [1.29, 1.82) is 0 Å². The molecule has 0 saturated carbocycles. The number of nitrogens with zero attached hydrogens (tertiary/aromatic N) is 1. The lowest BCUT2D eigenvalue weighted by Gasteiger charge is -2.37. The first-order chi connectivity index (χ1) is 16.4. The van der Waals surface area contributed by atoms with Gasteiger partial charge in [-0.05, 0) is 55.4 Å². The van der Waals surface area contributed by atoms with Crippen LogP contribution in [0.3, 0.4) is 0 Å². The number of piperidine rings is 1. The van der Waals surface area contributed by atoms with Gasteiger partial charge in [0.2, 0.25) is 17.0 Å². The molecule has 0 bridgehead atoms. The second kappa shape index (κ2) is 14.4. The molecule has 1 saturated heterocycles. The highest BCUT2D eigenvalue weighted by Gasteiger charge is 2.32. The van der Waals surface area contributed by atoms with Gasteiger partial charge >= 0.3 is 0 Å². The molecule has 0 aromatic heterocycles. The molecule has 3 N–H and O–H groups in total. The normalized spacial score (nSPS) is 19.2. The van der Waals surface area contributed by atoms with E-state index in [0.717, 1.165) is 17.5 Å². The first-order valence-corrected chi connectivity index (χ1v) is 12.9. The van der Waals surface area contributed by atoms with Crippen molar-refractivity contribution in [2.45, 2.75) is 63.4 Å². The predicted octanol–water partition coefficient (Wildman–Crippen LogP) is 3.75. The molecule has 1 fully saturated rings. The van der Waals surface area contributed by atoms with Gasteiger partial charge in [-0.3, -0.25) is 4.79 Å². The third kappa shape index (κ3) is 9.10. The molecule has 2 aromatic rings. The van der Waals surface area contributed by atoms with Crippen LogP contribution >= 0.6 is 0 Å². The first-order valence-electron chi connectivity index (χ1n) is 11.8. The van der Waals surface area contributed by atoms with Gasteiger partial charge in [0.1, 0.15) is 6.61 Å². The summed E-state index contributed by atoms with van der Waals surface area (Å²) in [7, 11) is 1.45. The van der Waals surface area contributed by atoms with Crippen molar-refractivity contribution in [3.63, 3.8) is 0 Å². The maximum atomic E-state index is 12.9. The molecule has 3 rings (SSSR count). The Morgan fingerprint density at radius 1 is 1.11 bits per heavy atom. The van der Waals surface area contributed by atoms with Gasteiger partial charge < -0.3 is 10.8 Å². The summed E-state index contributed by atoms with van der Waals surface area (Å²) in [5.41, 5.74) is 3.38. The lowest BCUT2D eigenvalue weighted by molar-refractivity contribution is -0.291. The van der Waals surface area contributed by atoms with Gasteiger partial charge in [-0.25, -0.2) is 14.0 Å². The Morgan fingerprint density at radius 2 is 1.74 bits per heavy atom. The summed E-state index contributed by atoms with van der Waals surface area (Å²) in [6.45, 7) is 7.05. The first kappa shape index (κ1) is 29.1. The molecule has 1 aliphatic rings. The Labute approximate surface area is 210 Å². The van der Waals surface area contributed by atoms with Crippen molar-refractivity contribution in [2.75, 3.05) is 20.3 Å². The number of aryl methyl sites for hydroxylation is 1. The number of benzene rings is 2. The van der Waals surface area contributed by atoms with Gasteiger partial charge in [0.05, 0.1) is 18.0 Å². The van der Waals surface area contributed by atoms with Crippen molar-refractivity contribution < 1.29 is 28.5 Å². The van der Waals surface area contributed by atoms with Crippen molar-refractivity contribution in [3.8, 4) is 11.1 Å². The molecule has 1 heterocycles. The molecule has 0 spiro atoms. The number of hydroxylamine groups is 2. The van der Waals surface area contributed by atoms with Crippen LogP contribution in [0.4, 0.5) is 0 Å². The van der Waals surface area contributed by atoms with Gasteiger partial charge in [-0.2, -0.15) is 9.35 Å². The van der Waals surface area contributed by atoms with Crippen LogP contribution in [0.2, 0.25) is 0 Å². The number of carbonyl (C=O) groups excluding carboxylic acids is 1. The molecule has 0 aliphatic carbocycles. The standard InChI is InChI=1S/C26H36N2O5S.H2O/c1-19(2)5-14-26(29)27-23-15-16-28(24(17-23)18-32-31-4)33-34(30)25-12-10-22(11-13-25)21-8-6-20(3)7-9-21;/h6-13,19,23-24H,5,14-18H2,1-4H3,(H,27,29);1H2. The van der Waals surface area contributed by atoms with E-state index >= 15 is 0 Å². The van der Waals surface area contributed by atoms with Gasteiger partial charge in [-0.15, -0.1) is 0 Å². The lowest BCUT2D eigenvalue weighted by atomic mass is 9.99. The maximum Gasteiger partial charge on any atom is 0.220 e. The number of carbonyl (C=O) groups is 1. The Bertz CT molecular complexity index is 936. The Kier molecular flexibility index (Phi) is 12.0. The lowest BCUT2D eigenvalue weighted by Crippen LogP contribution is -2.51. The van der Waals surface area contributed by atoms with Crippen LogP contribution in [0.25, 0.3) is 11.1 Å². The summed E-state index contributed by atoms with van der Waals surface area (Å²) in [6, 6.07) is 15.7. The molecule has 9 heteroatoms.